The van der Waals surface area contributed by atoms with E-state index in [0.29, 0.717) is 0 Å². The molecule has 110 valence electrons. The van der Waals surface area contributed by atoms with E-state index in [1.54, 1.807) is 0 Å². The molecule has 0 aliphatic carbocycles. The van der Waals surface area contributed by atoms with Gasteiger partial charge in [-0.15, -0.1) is 0 Å². The Labute approximate surface area is 119 Å². The summed E-state index contributed by atoms with van der Waals surface area (Å²) in [7, 11) is 1.33. The highest BCUT2D eigenvalue weighted by Gasteiger charge is 2.30. The second-order valence-electron chi connectivity index (χ2n) is 5.60. The van der Waals surface area contributed by atoms with Gasteiger partial charge >= 0.3 is 5.97 Å². The van der Waals surface area contributed by atoms with E-state index in [-0.39, 0.29) is 24.9 Å². The molecule has 2 N–H and O–H groups in total. The Balaban J connectivity index is 1.95. The fourth-order valence-electron chi connectivity index (χ4n) is 2.28. The molecule has 0 bridgehead atoms. The number of esters is 1. The summed E-state index contributed by atoms with van der Waals surface area (Å²) in [5.41, 5.74) is 8.05. The van der Waals surface area contributed by atoms with Crippen LogP contribution in [0.1, 0.15) is 31.0 Å². The molecule has 20 heavy (non-hydrogen) atoms. The Morgan fingerprint density at radius 3 is 2.95 bits per heavy atom. The number of methoxy groups -OCH3 is 1. The van der Waals surface area contributed by atoms with Crippen LogP contribution >= 0.6 is 0 Å². The van der Waals surface area contributed by atoms with Crippen molar-refractivity contribution in [1.29, 1.82) is 0 Å². The SMILES string of the molecule is COC(=O)COCC(N)c1ccc2c(c1)CC(C)(C)O2. The van der Waals surface area contributed by atoms with Crippen molar-refractivity contribution in [2.24, 2.45) is 5.73 Å². The largest absolute Gasteiger partial charge is 0.487 e. The number of hydrogen-bond donors (Lipinski definition) is 1. The molecule has 1 aromatic rings. The summed E-state index contributed by atoms with van der Waals surface area (Å²) >= 11 is 0. The van der Waals surface area contributed by atoms with Gasteiger partial charge in [-0.1, -0.05) is 12.1 Å². The maximum absolute atomic E-state index is 11.0. The van der Waals surface area contributed by atoms with Crippen LogP contribution in [0.25, 0.3) is 0 Å². The molecule has 0 spiro atoms. The molecule has 5 heteroatoms. The first kappa shape index (κ1) is 14.8. The molecule has 0 aromatic heterocycles. The van der Waals surface area contributed by atoms with E-state index in [1.165, 1.54) is 7.11 Å². The van der Waals surface area contributed by atoms with Crippen LogP contribution in [0.15, 0.2) is 18.2 Å². The van der Waals surface area contributed by atoms with Gasteiger partial charge in [0.15, 0.2) is 0 Å². The lowest BCUT2D eigenvalue weighted by molar-refractivity contribution is -0.146. The molecule has 1 unspecified atom stereocenters. The normalized spacial score (nSPS) is 17.2. The number of carbonyl (C=O) groups is 1. The quantitative estimate of drug-likeness (QED) is 0.829. The predicted octanol–water partition coefficient (Wildman–Crippen LogP) is 1.59. The minimum absolute atomic E-state index is 0.0781. The number of benzene rings is 1. The first-order chi connectivity index (χ1) is 9.41. The zero-order chi connectivity index (χ0) is 14.8. The van der Waals surface area contributed by atoms with Crippen LogP contribution in [0.3, 0.4) is 0 Å². The molecule has 0 amide bonds. The molecular formula is C15H21NO4. The fourth-order valence-corrected chi connectivity index (χ4v) is 2.28. The van der Waals surface area contributed by atoms with Crippen molar-refractivity contribution in [3.63, 3.8) is 0 Å². The third kappa shape index (κ3) is 3.49. The molecule has 0 saturated carbocycles. The maximum Gasteiger partial charge on any atom is 0.331 e. The summed E-state index contributed by atoms with van der Waals surface area (Å²) in [4.78, 5) is 11.0. The first-order valence-corrected chi connectivity index (χ1v) is 6.63. The van der Waals surface area contributed by atoms with Crippen LogP contribution in [0, 0.1) is 0 Å². The topological polar surface area (TPSA) is 70.8 Å². The van der Waals surface area contributed by atoms with E-state index in [9.17, 15) is 4.79 Å². The summed E-state index contributed by atoms with van der Waals surface area (Å²) in [6.45, 7) is 4.32. The van der Waals surface area contributed by atoms with Gasteiger partial charge in [0.05, 0.1) is 19.8 Å². The summed E-state index contributed by atoms with van der Waals surface area (Å²) in [5, 5.41) is 0. The Bertz CT molecular complexity index is 499. The van der Waals surface area contributed by atoms with Gasteiger partial charge in [0.2, 0.25) is 0 Å². The lowest BCUT2D eigenvalue weighted by Crippen LogP contribution is -2.24. The van der Waals surface area contributed by atoms with Crippen LogP contribution in [0.2, 0.25) is 0 Å². The Morgan fingerprint density at radius 1 is 1.50 bits per heavy atom. The van der Waals surface area contributed by atoms with Crippen LogP contribution in [-0.2, 0) is 20.7 Å². The Kier molecular flexibility index (Phi) is 4.30. The van der Waals surface area contributed by atoms with Gasteiger partial charge in [-0.25, -0.2) is 4.79 Å². The van der Waals surface area contributed by atoms with Gasteiger partial charge < -0.3 is 19.9 Å². The number of ether oxygens (including phenoxy) is 3. The van der Waals surface area contributed by atoms with Gasteiger partial charge in [0.25, 0.3) is 0 Å². The van der Waals surface area contributed by atoms with Crippen molar-refractivity contribution in [3.05, 3.63) is 29.3 Å². The zero-order valence-electron chi connectivity index (χ0n) is 12.1. The van der Waals surface area contributed by atoms with Crippen molar-refractivity contribution < 1.29 is 19.0 Å². The zero-order valence-corrected chi connectivity index (χ0v) is 12.1. The standard InChI is InChI=1S/C15H21NO4/c1-15(2)7-11-6-10(4-5-13(11)20-15)12(16)8-19-9-14(17)18-3/h4-6,12H,7-9,16H2,1-3H3. The van der Waals surface area contributed by atoms with Crippen molar-refractivity contribution >= 4 is 5.97 Å². The second kappa shape index (κ2) is 5.81. The van der Waals surface area contributed by atoms with Gasteiger partial charge in [-0.3, -0.25) is 0 Å². The Hall–Kier alpha value is -1.59. The molecule has 0 fully saturated rings. The van der Waals surface area contributed by atoms with E-state index in [1.807, 2.05) is 12.1 Å². The van der Waals surface area contributed by atoms with Crippen molar-refractivity contribution in [1.82, 2.24) is 0 Å². The van der Waals surface area contributed by atoms with E-state index < -0.39 is 5.97 Å². The van der Waals surface area contributed by atoms with E-state index in [2.05, 4.69) is 24.7 Å². The summed E-state index contributed by atoms with van der Waals surface area (Å²) < 4.78 is 15.6. The minimum atomic E-state index is -0.402. The maximum atomic E-state index is 11.0. The van der Waals surface area contributed by atoms with Gasteiger partial charge in [0, 0.05) is 6.42 Å². The van der Waals surface area contributed by atoms with Gasteiger partial charge in [-0.2, -0.15) is 0 Å². The smallest absolute Gasteiger partial charge is 0.331 e. The molecule has 2 rings (SSSR count). The first-order valence-electron chi connectivity index (χ1n) is 6.63. The minimum Gasteiger partial charge on any atom is -0.487 e. The molecule has 1 aliphatic rings. The number of nitrogens with two attached hydrogens (primary N) is 1. The van der Waals surface area contributed by atoms with Crippen LogP contribution in [-0.4, -0.2) is 31.9 Å². The average Bonchev–Trinajstić information content (AvgIpc) is 2.70. The molecule has 1 aliphatic heterocycles. The molecule has 1 aromatic carbocycles. The highest BCUT2D eigenvalue weighted by molar-refractivity contribution is 5.70. The number of hydrogen-bond acceptors (Lipinski definition) is 5. The summed E-state index contributed by atoms with van der Waals surface area (Å²) in [5.74, 6) is 0.516. The predicted molar refractivity (Wildman–Crippen MR) is 74.6 cm³/mol. The van der Waals surface area contributed by atoms with Gasteiger partial charge in [0.1, 0.15) is 18.0 Å². The molecular weight excluding hydrogens is 258 g/mol. The van der Waals surface area contributed by atoms with Crippen molar-refractivity contribution in [2.45, 2.75) is 31.9 Å². The molecule has 5 nitrogen and oxygen atoms in total. The summed E-state index contributed by atoms with van der Waals surface area (Å²) in [6.07, 6.45) is 0.867. The number of fused-ring (bicyclic) bond motifs is 1. The van der Waals surface area contributed by atoms with Crippen LogP contribution in [0.4, 0.5) is 0 Å². The summed E-state index contributed by atoms with van der Waals surface area (Å²) in [6, 6.07) is 5.66. The fraction of sp³-hybridized carbons (Fsp3) is 0.533. The van der Waals surface area contributed by atoms with E-state index in [4.69, 9.17) is 15.2 Å². The van der Waals surface area contributed by atoms with Crippen LogP contribution in [0.5, 0.6) is 5.75 Å². The lowest BCUT2D eigenvalue weighted by atomic mass is 9.98. The number of rotatable bonds is 5. The van der Waals surface area contributed by atoms with Crippen LogP contribution < -0.4 is 10.5 Å². The molecule has 0 saturated heterocycles. The van der Waals surface area contributed by atoms with Crippen molar-refractivity contribution in [2.75, 3.05) is 20.3 Å². The Morgan fingerprint density at radius 2 is 2.25 bits per heavy atom. The monoisotopic (exact) mass is 279 g/mol. The molecule has 1 heterocycles. The highest BCUT2D eigenvalue weighted by Crippen LogP contribution is 2.35. The third-order valence-electron chi connectivity index (χ3n) is 3.26. The highest BCUT2D eigenvalue weighted by atomic mass is 16.6. The number of carbonyl (C=O) groups excluding carboxylic acids is 1. The van der Waals surface area contributed by atoms with Gasteiger partial charge in [-0.05, 0) is 31.0 Å². The molecule has 0 radical (unpaired) electrons. The van der Waals surface area contributed by atoms with E-state index >= 15 is 0 Å². The lowest BCUT2D eigenvalue weighted by Gasteiger charge is -2.16. The molecule has 1 atom stereocenters. The average molecular weight is 279 g/mol. The third-order valence-corrected chi connectivity index (χ3v) is 3.26. The van der Waals surface area contributed by atoms with E-state index in [0.717, 1.165) is 23.3 Å². The van der Waals surface area contributed by atoms with Crippen molar-refractivity contribution in [3.8, 4) is 5.75 Å². The second-order valence-corrected chi connectivity index (χ2v) is 5.60.